The Balaban J connectivity index is 1.57. The number of carbonyl (C=O) groups is 4. The molecule has 1 aliphatic rings. The molecule has 0 aromatic heterocycles. The van der Waals surface area contributed by atoms with Crippen molar-refractivity contribution >= 4 is 23.7 Å². The van der Waals surface area contributed by atoms with Gasteiger partial charge in [0.25, 0.3) is 17.7 Å². The number of rotatable bonds is 8. The van der Waals surface area contributed by atoms with E-state index in [0.29, 0.717) is 23.1 Å². The molecule has 29 heavy (non-hydrogen) atoms. The monoisotopic (exact) mass is 395 g/mol. The van der Waals surface area contributed by atoms with Crippen LogP contribution < -0.4 is 10.7 Å². The molecule has 2 aromatic carbocycles. The summed E-state index contributed by atoms with van der Waals surface area (Å²) >= 11 is 0. The van der Waals surface area contributed by atoms with Crippen LogP contribution in [0.1, 0.15) is 44.4 Å². The molecule has 0 fully saturated rings. The van der Waals surface area contributed by atoms with E-state index in [1.165, 1.54) is 0 Å². The predicted octanol–water partition coefficient (Wildman–Crippen LogP) is 1.70. The van der Waals surface area contributed by atoms with E-state index in [1.54, 1.807) is 61.5 Å². The highest BCUT2D eigenvalue weighted by molar-refractivity contribution is 6.20. The van der Waals surface area contributed by atoms with Crippen LogP contribution in [0.3, 0.4) is 0 Å². The maximum atomic E-state index is 12.3. The van der Waals surface area contributed by atoms with E-state index >= 15 is 0 Å². The predicted molar refractivity (Wildman–Crippen MR) is 104 cm³/mol. The van der Waals surface area contributed by atoms with Gasteiger partial charge in [0.05, 0.1) is 11.1 Å². The molecule has 2 aromatic rings. The molecule has 1 aliphatic heterocycles. The fraction of sp³-hybridized carbons (Fsp3) is 0.238. The third kappa shape index (κ3) is 4.33. The molecule has 1 heterocycles. The number of nitrogens with zero attached hydrogens (tertiary/aromatic N) is 1. The second-order valence-corrected chi connectivity index (χ2v) is 6.82. The number of carbonyl (C=O) groups excluding carboxylic acids is 3. The summed E-state index contributed by atoms with van der Waals surface area (Å²) in [7, 11) is 0. The van der Waals surface area contributed by atoms with Gasteiger partial charge < -0.3 is 10.4 Å². The molecule has 0 bridgehead atoms. The molecule has 0 saturated carbocycles. The van der Waals surface area contributed by atoms with E-state index in [4.69, 9.17) is 0 Å². The standard InChI is InChI=1S/C21H21N3O5/c1-13(17(21(28)29)23-18(25)14-7-3-2-4-8-14)11-12-22-24-19(26)15-9-5-6-10-16(15)20(24)27/h2-10,13,17,22H,11-12H2,1H3,(H,23,25)(H,28,29). The smallest absolute Gasteiger partial charge is 0.326 e. The fourth-order valence-corrected chi connectivity index (χ4v) is 3.17. The van der Waals surface area contributed by atoms with Crippen LogP contribution in [0.15, 0.2) is 54.6 Å². The highest BCUT2D eigenvalue weighted by atomic mass is 16.4. The zero-order valence-corrected chi connectivity index (χ0v) is 15.8. The molecular weight excluding hydrogens is 374 g/mol. The van der Waals surface area contributed by atoms with Crippen LogP contribution in [0.4, 0.5) is 0 Å². The van der Waals surface area contributed by atoms with Gasteiger partial charge in [-0.25, -0.2) is 15.2 Å². The minimum atomic E-state index is -1.15. The summed E-state index contributed by atoms with van der Waals surface area (Å²) in [6, 6.07) is 13.8. The largest absolute Gasteiger partial charge is 0.480 e. The summed E-state index contributed by atoms with van der Waals surface area (Å²) in [5, 5.41) is 13.0. The SMILES string of the molecule is CC(CCNN1C(=O)c2ccccc2C1=O)C(NC(=O)c1ccccc1)C(=O)O. The van der Waals surface area contributed by atoms with Crippen molar-refractivity contribution in [3.8, 4) is 0 Å². The van der Waals surface area contributed by atoms with Crippen molar-refractivity contribution in [2.24, 2.45) is 5.92 Å². The Morgan fingerprint density at radius 2 is 1.52 bits per heavy atom. The molecule has 0 aliphatic carbocycles. The van der Waals surface area contributed by atoms with Gasteiger partial charge in [0.2, 0.25) is 0 Å². The minimum Gasteiger partial charge on any atom is -0.480 e. The zero-order chi connectivity index (χ0) is 21.0. The van der Waals surface area contributed by atoms with Gasteiger partial charge in [0.1, 0.15) is 6.04 Å². The van der Waals surface area contributed by atoms with Gasteiger partial charge in [0, 0.05) is 12.1 Å². The number of amides is 3. The van der Waals surface area contributed by atoms with Crippen molar-refractivity contribution in [3.05, 3.63) is 71.3 Å². The molecule has 2 atom stereocenters. The van der Waals surface area contributed by atoms with Gasteiger partial charge in [-0.05, 0) is 36.6 Å². The molecule has 0 spiro atoms. The molecule has 8 heteroatoms. The maximum absolute atomic E-state index is 12.3. The maximum Gasteiger partial charge on any atom is 0.326 e. The minimum absolute atomic E-state index is 0.192. The normalized spacial score (nSPS) is 15.0. The van der Waals surface area contributed by atoms with E-state index in [2.05, 4.69) is 10.7 Å². The van der Waals surface area contributed by atoms with Crippen LogP contribution in [-0.4, -0.2) is 46.4 Å². The fourth-order valence-electron chi connectivity index (χ4n) is 3.17. The first-order valence-corrected chi connectivity index (χ1v) is 9.20. The zero-order valence-electron chi connectivity index (χ0n) is 15.8. The van der Waals surface area contributed by atoms with E-state index in [1.807, 2.05) is 0 Å². The lowest BCUT2D eigenvalue weighted by Crippen LogP contribution is -2.47. The molecule has 2 unspecified atom stereocenters. The number of fused-ring (bicyclic) bond motifs is 1. The summed E-state index contributed by atoms with van der Waals surface area (Å²) in [6.45, 7) is 1.88. The number of carboxylic acid groups (broad SMARTS) is 1. The van der Waals surface area contributed by atoms with Gasteiger partial charge in [0.15, 0.2) is 0 Å². The summed E-state index contributed by atoms with van der Waals surface area (Å²) < 4.78 is 0. The average Bonchev–Trinajstić information content (AvgIpc) is 2.97. The molecule has 3 N–H and O–H groups in total. The Morgan fingerprint density at radius 3 is 2.07 bits per heavy atom. The third-order valence-electron chi connectivity index (χ3n) is 4.82. The third-order valence-corrected chi connectivity index (χ3v) is 4.82. The summed E-state index contributed by atoms with van der Waals surface area (Å²) in [5.41, 5.74) is 3.80. The molecule has 0 saturated heterocycles. The Bertz CT molecular complexity index is 909. The summed E-state index contributed by atoms with van der Waals surface area (Å²) in [6.07, 6.45) is 0.319. The molecular formula is C21H21N3O5. The molecule has 3 rings (SSSR count). The molecule has 8 nitrogen and oxygen atoms in total. The van der Waals surface area contributed by atoms with Gasteiger partial charge in [-0.2, -0.15) is 0 Å². The summed E-state index contributed by atoms with van der Waals surface area (Å²) in [5.74, 6) is -2.95. The number of hydrogen-bond acceptors (Lipinski definition) is 5. The van der Waals surface area contributed by atoms with Crippen molar-refractivity contribution in [2.75, 3.05) is 6.54 Å². The van der Waals surface area contributed by atoms with Crippen LogP contribution >= 0.6 is 0 Å². The number of benzene rings is 2. The Hall–Kier alpha value is -3.52. The first kappa shape index (κ1) is 20.2. The van der Waals surface area contributed by atoms with Gasteiger partial charge in [-0.3, -0.25) is 14.4 Å². The van der Waals surface area contributed by atoms with Crippen molar-refractivity contribution in [1.82, 2.24) is 15.8 Å². The number of hydrazine groups is 1. The van der Waals surface area contributed by atoms with Crippen molar-refractivity contribution in [1.29, 1.82) is 0 Å². The lowest BCUT2D eigenvalue weighted by atomic mass is 9.98. The highest BCUT2D eigenvalue weighted by Gasteiger charge is 2.35. The number of imide groups is 1. The lowest BCUT2D eigenvalue weighted by Gasteiger charge is -2.23. The second-order valence-electron chi connectivity index (χ2n) is 6.82. The average molecular weight is 395 g/mol. The number of nitrogens with one attached hydrogen (secondary N) is 2. The number of carboxylic acids is 1. The van der Waals surface area contributed by atoms with Crippen LogP contribution in [0.5, 0.6) is 0 Å². The number of aliphatic carboxylic acids is 1. The molecule has 0 radical (unpaired) electrons. The summed E-state index contributed by atoms with van der Waals surface area (Å²) in [4.78, 5) is 48.5. The van der Waals surface area contributed by atoms with E-state index in [0.717, 1.165) is 5.01 Å². The molecule has 3 amide bonds. The first-order valence-electron chi connectivity index (χ1n) is 9.20. The van der Waals surface area contributed by atoms with Crippen molar-refractivity contribution in [3.63, 3.8) is 0 Å². The van der Waals surface area contributed by atoms with Gasteiger partial charge in [-0.1, -0.05) is 37.3 Å². The highest BCUT2D eigenvalue weighted by Crippen LogP contribution is 2.21. The van der Waals surface area contributed by atoms with E-state index in [9.17, 15) is 24.3 Å². The van der Waals surface area contributed by atoms with Gasteiger partial charge in [-0.15, -0.1) is 0 Å². The number of hydrogen-bond donors (Lipinski definition) is 3. The van der Waals surface area contributed by atoms with Crippen LogP contribution in [-0.2, 0) is 4.79 Å². The molecule has 150 valence electrons. The Labute approximate surface area is 167 Å². The van der Waals surface area contributed by atoms with Crippen LogP contribution in [0, 0.1) is 5.92 Å². The van der Waals surface area contributed by atoms with Crippen LogP contribution in [0.2, 0.25) is 0 Å². The van der Waals surface area contributed by atoms with Gasteiger partial charge >= 0.3 is 5.97 Å². The van der Waals surface area contributed by atoms with Crippen molar-refractivity contribution < 1.29 is 24.3 Å². The first-order chi connectivity index (χ1) is 13.9. The van der Waals surface area contributed by atoms with Crippen molar-refractivity contribution in [2.45, 2.75) is 19.4 Å². The topological polar surface area (TPSA) is 116 Å². The van der Waals surface area contributed by atoms with E-state index < -0.39 is 35.7 Å². The second kappa shape index (κ2) is 8.66. The lowest BCUT2D eigenvalue weighted by molar-refractivity contribution is -0.140. The Morgan fingerprint density at radius 1 is 0.966 bits per heavy atom. The quantitative estimate of drug-likeness (QED) is 0.586. The Kier molecular flexibility index (Phi) is 6.04. The van der Waals surface area contributed by atoms with Crippen LogP contribution in [0.25, 0.3) is 0 Å². The van der Waals surface area contributed by atoms with E-state index in [-0.39, 0.29) is 6.54 Å².